The third kappa shape index (κ3) is 7.42. The lowest BCUT2D eigenvalue weighted by molar-refractivity contribution is -0.139. The van der Waals surface area contributed by atoms with Crippen molar-refractivity contribution in [2.45, 2.75) is 69.4 Å². The third-order valence-corrected chi connectivity index (χ3v) is 6.97. The summed E-state index contributed by atoms with van der Waals surface area (Å²) in [6, 6.07) is 18.3. The molecule has 2 aromatic carbocycles. The average molecular weight is 439 g/mol. The summed E-state index contributed by atoms with van der Waals surface area (Å²) >= 11 is 1.69. The minimum atomic E-state index is -0.457. The number of amides is 2. The van der Waals surface area contributed by atoms with Crippen molar-refractivity contribution in [2.24, 2.45) is 0 Å². The molecule has 0 unspecified atom stereocenters. The van der Waals surface area contributed by atoms with E-state index in [-0.39, 0.29) is 17.9 Å². The first-order valence-electron chi connectivity index (χ1n) is 11.4. The van der Waals surface area contributed by atoms with E-state index in [2.05, 4.69) is 48.6 Å². The van der Waals surface area contributed by atoms with E-state index >= 15 is 0 Å². The second-order valence-electron chi connectivity index (χ2n) is 8.40. The van der Waals surface area contributed by atoms with E-state index in [0.717, 1.165) is 19.3 Å². The fraction of sp³-hybridized carbons (Fsp3) is 0.462. The molecule has 0 heterocycles. The molecular formula is C26H34N2O2S. The normalized spacial score (nSPS) is 14.9. The largest absolute Gasteiger partial charge is 0.352 e. The first-order chi connectivity index (χ1) is 15.0. The van der Waals surface area contributed by atoms with Crippen LogP contribution in [-0.4, -0.2) is 41.1 Å². The molecule has 1 aliphatic rings. The first kappa shape index (κ1) is 23.4. The SMILES string of the molecule is Cc1ccc(SCCC(=O)N(CCc2ccccc2)[C@H](C)C(=O)NC2CCCC2)cc1. The van der Waals surface area contributed by atoms with Crippen molar-refractivity contribution >= 4 is 23.6 Å². The highest BCUT2D eigenvalue weighted by atomic mass is 32.2. The van der Waals surface area contributed by atoms with Gasteiger partial charge in [0.1, 0.15) is 6.04 Å². The van der Waals surface area contributed by atoms with Crippen LogP contribution in [0, 0.1) is 6.92 Å². The van der Waals surface area contributed by atoms with E-state index in [1.165, 1.54) is 28.9 Å². The van der Waals surface area contributed by atoms with Crippen LogP contribution in [0.2, 0.25) is 0 Å². The Morgan fingerprint density at radius 3 is 2.42 bits per heavy atom. The molecule has 1 N–H and O–H groups in total. The molecule has 31 heavy (non-hydrogen) atoms. The summed E-state index contributed by atoms with van der Waals surface area (Å²) in [5.74, 6) is 0.727. The summed E-state index contributed by atoms with van der Waals surface area (Å²) in [4.78, 5) is 28.9. The minimum absolute atomic E-state index is 0.0282. The zero-order valence-corrected chi connectivity index (χ0v) is 19.5. The van der Waals surface area contributed by atoms with Crippen molar-refractivity contribution in [3.05, 3.63) is 65.7 Å². The van der Waals surface area contributed by atoms with Gasteiger partial charge < -0.3 is 10.2 Å². The maximum absolute atomic E-state index is 13.1. The highest BCUT2D eigenvalue weighted by Gasteiger charge is 2.27. The maximum Gasteiger partial charge on any atom is 0.242 e. The minimum Gasteiger partial charge on any atom is -0.352 e. The van der Waals surface area contributed by atoms with Crippen LogP contribution >= 0.6 is 11.8 Å². The number of thioether (sulfide) groups is 1. The molecule has 2 aromatic rings. The summed E-state index contributed by atoms with van der Waals surface area (Å²) < 4.78 is 0. The number of carbonyl (C=O) groups excluding carboxylic acids is 2. The summed E-state index contributed by atoms with van der Waals surface area (Å²) in [5, 5.41) is 3.16. The number of nitrogens with zero attached hydrogens (tertiary/aromatic N) is 1. The van der Waals surface area contributed by atoms with E-state index in [0.29, 0.717) is 18.7 Å². The van der Waals surface area contributed by atoms with Crippen LogP contribution in [-0.2, 0) is 16.0 Å². The standard InChI is InChI=1S/C26H34N2O2S/c1-20-12-14-24(15-13-20)31-19-17-25(29)28(18-16-22-8-4-3-5-9-22)21(2)26(30)27-23-10-6-7-11-23/h3-5,8-9,12-15,21,23H,6-7,10-11,16-19H2,1-2H3,(H,27,30)/t21-/m1/s1. The fourth-order valence-electron chi connectivity index (χ4n) is 4.00. The number of benzene rings is 2. The Bertz CT molecular complexity index is 832. The van der Waals surface area contributed by atoms with E-state index in [1.807, 2.05) is 25.1 Å². The van der Waals surface area contributed by atoms with Gasteiger partial charge in [-0.15, -0.1) is 11.8 Å². The lowest BCUT2D eigenvalue weighted by Crippen LogP contribution is -2.50. The smallest absolute Gasteiger partial charge is 0.242 e. The van der Waals surface area contributed by atoms with E-state index in [1.54, 1.807) is 16.7 Å². The van der Waals surface area contributed by atoms with Crippen molar-refractivity contribution in [2.75, 3.05) is 12.3 Å². The Hall–Kier alpha value is -2.27. The van der Waals surface area contributed by atoms with Crippen molar-refractivity contribution in [3.8, 4) is 0 Å². The van der Waals surface area contributed by atoms with Gasteiger partial charge in [-0.3, -0.25) is 9.59 Å². The number of carbonyl (C=O) groups is 2. The molecular weight excluding hydrogens is 404 g/mol. The maximum atomic E-state index is 13.1. The fourth-order valence-corrected chi connectivity index (χ4v) is 4.84. The van der Waals surface area contributed by atoms with Crippen LogP contribution in [0.15, 0.2) is 59.5 Å². The van der Waals surface area contributed by atoms with Crippen LogP contribution in [0.25, 0.3) is 0 Å². The van der Waals surface area contributed by atoms with Crippen LogP contribution in [0.5, 0.6) is 0 Å². The molecule has 1 aliphatic carbocycles. The molecule has 0 bridgehead atoms. The van der Waals surface area contributed by atoms with Crippen LogP contribution < -0.4 is 5.32 Å². The van der Waals surface area contributed by atoms with Gasteiger partial charge in [-0.1, -0.05) is 60.9 Å². The number of nitrogens with one attached hydrogen (secondary N) is 1. The molecule has 1 fully saturated rings. The summed E-state index contributed by atoms with van der Waals surface area (Å²) in [6.45, 7) is 4.48. The molecule has 2 amide bonds. The quantitative estimate of drug-likeness (QED) is 0.531. The molecule has 4 nitrogen and oxygen atoms in total. The lowest BCUT2D eigenvalue weighted by Gasteiger charge is -2.29. The second-order valence-corrected chi connectivity index (χ2v) is 9.57. The number of aryl methyl sites for hydroxylation is 1. The van der Waals surface area contributed by atoms with Gasteiger partial charge in [-0.25, -0.2) is 0 Å². The second kappa shape index (κ2) is 11.9. The van der Waals surface area contributed by atoms with Crippen molar-refractivity contribution in [1.82, 2.24) is 10.2 Å². The summed E-state index contributed by atoms with van der Waals surface area (Å²) in [5.41, 5.74) is 2.41. The number of hydrogen-bond donors (Lipinski definition) is 1. The molecule has 1 saturated carbocycles. The van der Waals surface area contributed by atoms with Crippen molar-refractivity contribution in [1.29, 1.82) is 0 Å². The van der Waals surface area contributed by atoms with Crippen molar-refractivity contribution < 1.29 is 9.59 Å². The zero-order chi connectivity index (χ0) is 22.1. The van der Waals surface area contributed by atoms with Crippen LogP contribution in [0.4, 0.5) is 0 Å². The Morgan fingerprint density at radius 2 is 1.74 bits per heavy atom. The molecule has 0 aliphatic heterocycles. The molecule has 0 radical (unpaired) electrons. The Balaban J connectivity index is 1.59. The van der Waals surface area contributed by atoms with E-state index < -0.39 is 6.04 Å². The van der Waals surface area contributed by atoms with E-state index in [9.17, 15) is 9.59 Å². The number of hydrogen-bond acceptors (Lipinski definition) is 3. The molecule has 5 heteroatoms. The van der Waals surface area contributed by atoms with Gasteiger partial charge >= 0.3 is 0 Å². The molecule has 3 rings (SSSR count). The Labute approximate surface area is 190 Å². The molecule has 1 atom stereocenters. The number of rotatable bonds is 10. The van der Waals surface area contributed by atoms with Crippen molar-refractivity contribution in [3.63, 3.8) is 0 Å². The molecule has 166 valence electrons. The monoisotopic (exact) mass is 438 g/mol. The van der Waals surface area contributed by atoms with E-state index in [4.69, 9.17) is 0 Å². The van der Waals surface area contributed by atoms with Crippen LogP contribution in [0.1, 0.15) is 50.2 Å². The molecule has 0 aromatic heterocycles. The zero-order valence-electron chi connectivity index (χ0n) is 18.7. The Kier molecular flexibility index (Phi) is 9.01. The van der Waals surface area contributed by atoms with Gasteiger partial charge in [0.25, 0.3) is 0 Å². The van der Waals surface area contributed by atoms with Gasteiger partial charge in [-0.2, -0.15) is 0 Å². The molecule has 0 spiro atoms. The van der Waals surface area contributed by atoms with Gasteiger partial charge in [0, 0.05) is 29.7 Å². The highest BCUT2D eigenvalue weighted by molar-refractivity contribution is 7.99. The summed E-state index contributed by atoms with van der Waals surface area (Å²) in [7, 11) is 0. The average Bonchev–Trinajstić information content (AvgIpc) is 3.29. The van der Waals surface area contributed by atoms with Gasteiger partial charge in [0.15, 0.2) is 0 Å². The Morgan fingerprint density at radius 1 is 1.06 bits per heavy atom. The van der Waals surface area contributed by atoms with Gasteiger partial charge in [0.2, 0.25) is 11.8 Å². The van der Waals surface area contributed by atoms with Crippen LogP contribution in [0.3, 0.4) is 0 Å². The summed E-state index contributed by atoms with van der Waals surface area (Å²) in [6.07, 6.45) is 5.61. The topological polar surface area (TPSA) is 49.4 Å². The molecule has 0 saturated heterocycles. The predicted molar refractivity (Wildman–Crippen MR) is 128 cm³/mol. The van der Waals surface area contributed by atoms with Gasteiger partial charge in [-0.05, 0) is 50.8 Å². The highest BCUT2D eigenvalue weighted by Crippen LogP contribution is 2.21. The van der Waals surface area contributed by atoms with Gasteiger partial charge in [0.05, 0.1) is 0 Å². The first-order valence-corrected chi connectivity index (χ1v) is 12.3. The lowest BCUT2D eigenvalue weighted by atomic mass is 10.1. The predicted octanol–water partition coefficient (Wildman–Crippen LogP) is 5.00. The third-order valence-electron chi connectivity index (χ3n) is 5.96.